The molecule has 1 aromatic rings. The summed E-state index contributed by atoms with van der Waals surface area (Å²) >= 11 is 0. The fraction of sp³-hybridized carbons (Fsp3) is 0.214. The third-order valence-electron chi connectivity index (χ3n) is 3.25. The second kappa shape index (κ2) is 5.51. The number of carbonyl (C=O) groups excluding carboxylic acids is 1. The smallest absolute Gasteiger partial charge is 0.275 e. The molecule has 9 heteroatoms. The third-order valence-corrected chi connectivity index (χ3v) is 4.33. The Morgan fingerprint density at radius 2 is 2.09 bits per heavy atom. The van der Waals surface area contributed by atoms with Crippen LogP contribution < -0.4 is 5.32 Å². The Balaban J connectivity index is 1.88. The summed E-state index contributed by atoms with van der Waals surface area (Å²) in [4.78, 5) is 19.4. The molecule has 8 nitrogen and oxygen atoms in total. The van der Waals surface area contributed by atoms with Crippen LogP contribution in [0.25, 0.3) is 5.57 Å². The van der Waals surface area contributed by atoms with Gasteiger partial charge < -0.3 is 0 Å². The summed E-state index contributed by atoms with van der Waals surface area (Å²) < 4.78 is 24.9. The second-order valence-corrected chi connectivity index (χ2v) is 7.19. The van der Waals surface area contributed by atoms with Gasteiger partial charge in [-0.3, -0.25) is 15.1 Å². The van der Waals surface area contributed by atoms with Crippen LogP contribution in [0.2, 0.25) is 0 Å². The Kier molecular flexibility index (Phi) is 3.64. The molecule has 1 amide bonds. The summed E-state index contributed by atoms with van der Waals surface area (Å²) in [6, 6.07) is 1.58. The number of allylic oxidation sites excluding steroid dienone is 2. The largest absolute Gasteiger partial charge is 0.381 e. The maximum Gasteiger partial charge on any atom is 0.381 e. The molecule has 0 saturated carbocycles. The summed E-state index contributed by atoms with van der Waals surface area (Å²) in [6.45, 7) is 1.79. The first-order chi connectivity index (χ1) is 10.8. The Morgan fingerprint density at radius 1 is 1.30 bits per heavy atom. The number of guanidine groups is 1. The van der Waals surface area contributed by atoms with E-state index in [-0.39, 0.29) is 16.8 Å². The van der Waals surface area contributed by atoms with Crippen LogP contribution in [-0.4, -0.2) is 42.8 Å². The van der Waals surface area contributed by atoms with Crippen molar-refractivity contribution in [2.45, 2.75) is 11.8 Å². The highest BCUT2D eigenvalue weighted by Crippen LogP contribution is 2.24. The number of fused-ring (bicyclic) bond motifs is 1. The number of hydrogen-bond acceptors (Lipinski definition) is 6. The highest BCUT2D eigenvalue weighted by Gasteiger charge is 2.29. The molecule has 118 valence electrons. The van der Waals surface area contributed by atoms with E-state index in [4.69, 9.17) is 0 Å². The molecule has 0 atom stereocenters. The van der Waals surface area contributed by atoms with Gasteiger partial charge in [-0.1, -0.05) is 0 Å². The number of sulfone groups is 1. The first-order valence-electron chi connectivity index (χ1n) is 6.75. The predicted octanol–water partition coefficient (Wildman–Crippen LogP) is 0.694. The molecular formula is C14H14N5O3S+. The molecule has 0 aromatic carbocycles. The second-order valence-electron chi connectivity index (χ2n) is 5.17. The number of nitrogens with zero attached hydrogens (tertiary/aromatic N) is 4. The molecule has 0 fully saturated rings. The van der Waals surface area contributed by atoms with Gasteiger partial charge >= 0.3 is 11.8 Å². The molecule has 2 aliphatic heterocycles. The Bertz CT molecular complexity index is 925. The van der Waals surface area contributed by atoms with Crippen LogP contribution in [0.5, 0.6) is 0 Å². The van der Waals surface area contributed by atoms with E-state index in [1.807, 2.05) is 6.08 Å². The van der Waals surface area contributed by atoms with Crippen LogP contribution in [0, 0.1) is 0 Å². The number of rotatable bonds is 2. The third kappa shape index (κ3) is 3.24. The maximum atomic E-state index is 11.6. The van der Waals surface area contributed by atoms with Gasteiger partial charge in [0.1, 0.15) is 6.54 Å². The molecule has 0 unspecified atom stereocenters. The van der Waals surface area contributed by atoms with Gasteiger partial charge in [-0.15, -0.1) is 4.70 Å². The Hall–Kier alpha value is -2.68. The summed E-state index contributed by atoms with van der Waals surface area (Å²) in [7, 11) is -3.32. The van der Waals surface area contributed by atoms with Gasteiger partial charge in [-0.2, -0.15) is 0 Å². The number of carbonyl (C=O) groups is 1. The van der Waals surface area contributed by atoms with E-state index >= 15 is 0 Å². The molecular weight excluding hydrogens is 318 g/mol. The van der Waals surface area contributed by atoms with Gasteiger partial charge in [0.05, 0.1) is 4.90 Å². The van der Waals surface area contributed by atoms with Gasteiger partial charge in [0.25, 0.3) is 0 Å². The van der Waals surface area contributed by atoms with E-state index in [0.29, 0.717) is 17.9 Å². The van der Waals surface area contributed by atoms with Crippen LogP contribution in [0.15, 0.2) is 51.4 Å². The molecule has 0 saturated heterocycles. The lowest BCUT2D eigenvalue weighted by Crippen LogP contribution is -2.25. The number of azo groups is 2. The van der Waals surface area contributed by atoms with E-state index < -0.39 is 9.84 Å². The molecule has 0 radical (unpaired) electrons. The van der Waals surface area contributed by atoms with Gasteiger partial charge in [0, 0.05) is 47.8 Å². The minimum atomic E-state index is -3.32. The zero-order valence-corrected chi connectivity index (χ0v) is 13.3. The van der Waals surface area contributed by atoms with Crippen molar-refractivity contribution >= 4 is 27.3 Å². The molecule has 2 aliphatic rings. The van der Waals surface area contributed by atoms with Crippen LogP contribution in [0.1, 0.15) is 12.5 Å². The van der Waals surface area contributed by atoms with Crippen LogP contribution >= 0.6 is 0 Å². The average molecular weight is 332 g/mol. The van der Waals surface area contributed by atoms with Gasteiger partial charge in [0.15, 0.2) is 9.84 Å². The highest BCUT2D eigenvalue weighted by molar-refractivity contribution is 7.90. The Labute approximate surface area is 132 Å². The van der Waals surface area contributed by atoms with Gasteiger partial charge in [-0.05, 0) is 17.3 Å². The number of hydrogen-bond donors (Lipinski definition) is 1. The lowest BCUT2D eigenvalue weighted by atomic mass is 10.1. The molecule has 23 heavy (non-hydrogen) atoms. The van der Waals surface area contributed by atoms with E-state index in [9.17, 15) is 13.2 Å². The van der Waals surface area contributed by atoms with Crippen molar-refractivity contribution in [3.05, 3.63) is 42.0 Å². The first-order valence-corrected chi connectivity index (χ1v) is 8.64. The normalized spacial score (nSPS) is 16.8. The molecule has 0 aliphatic carbocycles. The van der Waals surface area contributed by atoms with E-state index in [1.165, 1.54) is 13.1 Å². The van der Waals surface area contributed by atoms with Crippen molar-refractivity contribution in [2.75, 3.05) is 12.8 Å². The van der Waals surface area contributed by atoms with Crippen molar-refractivity contribution in [3.63, 3.8) is 0 Å². The zero-order chi connectivity index (χ0) is 16.6. The Morgan fingerprint density at radius 3 is 2.78 bits per heavy atom. The van der Waals surface area contributed by atoms with Crippen LogP contribution in [-0.2, 0) is 14.6 Å². The lowest BCUT2D eigenvalue weighted by Gasteiger charge is -2.09. The van der Waals surface area contributed by atoms with Crippen LogP contribution in [0.3, 0.4) is 0 Å². The van der Waals surface area contributed by atoms with Gasteiger partial charge in [0.2, 0.25) is 5.91 Å². The van der Waals surface area contributed by atoms with Crippen molar-refractivity contribution in [2.24, 2.45) is 10.1 Å². The summed E-state index contributed by atoms with van der Waals surface area (Å²) in [5, 5.41) is 6.73. The molecule has 3 rings (SSSR count). The van der Waals surface area contributed by atoms with E-state index in [2.05, 4.69) is 20.4 Å². The number of pyridine rings is 1. The van der Waals surface area contributed by atoms with E-state index in [1.54, 1.807) is 23.0 Å². The number of aromatic nitrogens is 1. The molecule has 0 bridgehead atoms. The minimum Gasteiger partial charge on any atom is -0.275 e. The number of aliphatic imine (C=N–C) groups is 1. The van der Waals surface area contributed by atoms with Gasteiger partial charge in [-0.25, -0.2) is 8.42 Å². The molecule has 0 spiro atoms. The number of amides is 1. The van der Waals surface area contributed by atoms with Crippen molar-refractivity contribution in [1.29, 1.82) is 0 Å². The summed E-state index contributed by atoms with van der Waals surface area (Å²) in [6.07, 6.45) is 7.66. The lowest BCUT2D eigenvalue weighted by molar-refractivity contribution is -0.524. The van der Waals surface area contributed by atoms with Crippen LogP contribution in [0.4, 0.5) is 0 Å². The fourth-order valence-electron chi connectivity index (χ4n) is 2.18. The fourth-order valence-corrected chi connectivity index (χ4v) is 2.77. The predicted molar refractivity (Wildman–Crippen MR) is 82.2 cm³/mol. The quantitative estimate of drug-likeness (QED) is 0.805. The molecule has 1 aromatic heterocycles. The first kappa shape index (κ1) is 15.2. The number of nitrogens with one attached hydrogen (secondary N) is 1. The monoisotopic (exact) mass is 332 g/mol. The molecule has 1 N–H and O–H groups in total. The molecule has 3 heterocycles. The SMILES string of the molecule is CC(=O)NC1=NC2=CC=C(c3cncc(S(C)(=O)=O)c3)C[N+]2=N1. The maximum absolute atomic E-state index is 11.6. The average Bonchev–Trinajstić information content (AvgIpc) is 2.86. The topological polar surface area (TPSA) is 104 Å². The summed E-state index contributed by atoms with van der Waals surface area (Å²) in [5.74, 6) is 0.609. The van der Waals surface area contributed by atoms with Crippen molar-refractivity contribution < 1.29 is 17.9 Å². The highest BCUT2D eigenvalue weighted by atomic mass is 32.2. The van der Waals surface area contributed by atoms with Crippen molar-refractivity contribution in [3.8, 4) is 0 Å². The summed E-state index contributed by atoms with van der Waals surface area (Å²) in [5.41, 5.74) is 1.56. The zero-order valence-electron chi connectivity index (χ0n) is 12.5. The van der Waals surface area contributed by atoms with E-state index in [0.717, 1.165) is 11.8 Å². The minimum absolute atomic E-state index is 0.166. The van der Waals surface area contributed by atoms with Crippen molar-refractivity contribution in [1.82, 2.24) is 10.3 Å². The standard InChI is InChI=1S/C14H13N5O3S/c1-9(20)16-14-17-13-4-3-10(8-19(13)18-14)11-5-12(7-15-6-11)23(2,21)22/h3-7H,8H2,1-2H3/p+1.